The van der Waals surface area contributed by atoms with Crippen LogP contribution in [-0.4, -0.2) is 25.4 Å². The maximum atomic E-state index is 11.0. The van der Waals surface area contributed by atoms with Crippen molar-refractivity contribution in [3.63, 3.8) is 0 Å². The fraction of sp³-hybridized carbons (Fsp3) is 0.818. The molecule has 0 aliphatic rings. The van der Waals surface area contributed by atoms with Gasteiger partial charge in [-0.05, 0) is 12.8 Å². The third-order valence-corrected chi connectivity index (χ3v) is 1.91. The molecule has 0 N–H and O–H groups in total. The number of unbranched alkanes of at least 4 members (excludes halogenated alkanes) is 3. The molecule has 17 heavy (non-hydrogen) atoms. The molecule has 98 valence electrons. The van der Waals surface area contributed by atoms with Gasteiger partial charge in [0.25, 0.3) is 0 Å². The van der Waals surface area contributed by atoms with E-state index in [9.17, 15) is 9.59 Å². The van der Waals surface area contributed by atoms with Crippen LogP contribution >= 0.6 is 0 Å². The lowest BCUT2D eigenvalue weighted by molar-refractivity contribution is 0.144. The summed E-state index contributed by atoms with van der Waals surface area (Å²) in [5.74, 6) is 0. The number of carbonyl (C=O) groups is 2. The Kier molecular flexibility index (Phi) is 10.1. The maximum absolute atomic E-state index is 11.0. The van der Waals surface area contributed by atoms with Gasteiger partial charge < -0.3 is 9.47 Å². The molecule has 0 rings (SSSR count). The highest BCUT2D eigenvalue weighted by Crippen LogP contribution is 1.97. The number of carbonyl (C=O) groups excluding carboxylic acids is 2. The van der Waals surface area contributed by atoms with Gasteiger partial charge in [-0.3, -0.25) is 0 Å². The predicted molar refractivity (Wildman–Crippen MR) is 62.0 cm³/mol. The van der Waals surface area contributed by atoms with Crippen molar-refractivity contribution in [3.05, 3.63) is 0 Å². The van der Waals surface area contributed by atoms with Crippen molar-refractivity contribution >= 4 is 12.2 Å². The molecule has 0 atom stereocenters. The van der Waals surface area contributed by atoms with Gasteiger partial charge in [-0.25, -0.2) is 9.59 Å². The molecule has 2 amide bonds. The van der Waals surface area contributed by atoms with Crippen molar-refractivity contribution < 1.29 is 19.1 Å². The zero-order valence-electron chi connectivity index (χ0n) is 10.5. The average Bonchev–Trinajstić information content (AvgIpc) is 2.32. The summed E-state index contributed by atoms with van der Waals surface area (Å²) >= 11 is 0. The molecule has 0 aliphatic heterocycles. The number of rotatable bonds is 7. The van der Waals surface area contributed by atoms with E-state index in [1.165, 1.54) is 0 Å². The van der Waals surface area contributed by atoms with Crippen LogP contribution in [0.4, 0.5) is 9.59 Å². The van der Waals surface area contributed by atoms with Gasteiger partial charge in [0.2, 0.25) is 0 Å². The van der Waals surface area contributed by atoms with Gasteiger partial charge in [-0.15, -0.1) is 0 Å². The Balaban J connectivity index is 3.60. The third-order valence-electron chi connectivity index (χ3n) is 1.91. The summed E-state index contributed by atoms with van der Waals surface area (Å²) in [6.07, 6.45) is 2.80. The highest BCUT2D eigenvalue weighted by atomic mass is 16.6. The van der Waals surface area contributed by atoms with E-state index in [1.54, 1.807) is 0 Å². The lowest BCUT2D eigenvalue weighted by atomic mass is 10.3. The van der Waals surface area contributed by atoms with Crippen LogP contribution in [0.3, 0.4) is 0 Å². The highest BCUT2D eigenvalue weighted by molar-refractivity contribution is 5.73. The monoisotopic (exact) mass is 244 g/mol. The molecule has 6 nitrogen and oxygen atoms in total. The van der Waals surface area contributed by atoms with Crippen molar-refractivity contribution in [3.8, 4) is 0 Å². The van der Waals surface area contributed by atoms with E-state index in [0.29, 0.717) is 13.2 Å². The molecule has 0 aromatic heterocycles. The van der Waals surface area contributed by atoms with Crippen molar-refractivity contribution in [2.75, 3.05) is 13.2 Å². The molecule has 0 saturated carbocycles. The van der Waals surface area contributed by atoms with E-state index in [4.69, 9.17) is 4.74 Å². The van der Waals surface area contributed by atoms with Gasteiger partial charge in [0.05, 0.1) is 13.2 Å². The number of hydrogen-bond donors (Lipinski definition) is 0. The minimum Gasteiger partial charge on any atom is -0.447 e. The first-order valence-electron chi connectivity index (χ1n) is 5.96. The summed E-state index contributed by atoms with van der Waals surface area (Å²) in [7, 11) is 0. The van der Waals surface area contributed by atoms with E-state index >= 15 is 0 Å². The third kappa shape index (κ3) is 10.8. The van der Waals surface area contributed by atoms with E-state index in [2.05, 4.69) is 15.0 Å². The highest BCUT2D eigenvalue weighted by Gasteiger charge is 2.03. The maximum Gasteiger partial charge on any atom is 0.452 e. The second-order valence-electron chi connectivity index (χ2n) is 3.49. The van der Waals surface area contributed by atoms with Gasteiger partial charge in [-0.2, -0.15) is 0 Å². The number of nitrogens with zero attached hydrogens (tertiary/aromatic N) is 2. The molecular weight excluding hydrogens is 224 g/mol. The summed E-state index contributed by atoms with van der Waals surface area (Å²) in [5.41, 5.74) is 0. The predicted octanol–water partition coefficient (Wildman–Crippen LogP) is 3.70. The fourth-order valence-corrected chi connectivity index (χ4v) is 0.955. The number of azo groups is 1. The molecule has 0 aliphatic carbocycles. The summed E-state index contributed by atoms with van der Waals surface area (Å²) in [6, 6.07) is 0. The lowest BCUT2D eigenvalue weighted by Gasteiger charge is -1.99. The number of hydrogen-bond acceptors (Lipinski definition) is 4. The summed E-state index contributed by atoms with van der Waals surface area (Å²) < 4.78 is 9.38. The molecule has 0 spiro atoms. The van der Waals surface area contributed by atoms with Gasteiger partial charge in [0, 0.05) is 0 Å². The number of ether oxygens (including phenoxy) is 2. The van der Waals surface area contributed by atoms with Crippen LogP contribution in [0.1, 0.15) is 46.0 Å². The SMILES string of the molecule is CCCCCOC(=O)N=NC(=O)OCCCC. The fourth-order valence-electron chi connectivity index (χ4n) is 0.955. The Morgan fingerprint density at radius 1 is 0.824 bits per heavy atom. The van der Waals surface area contributed by atoms with Crippen molar-refractivity contribution in [1.29, 1.82) is 0 Å². The topological polar surface area (TPSA) is 77.3 Å². The molecule has 0 radical (unpaired) electrons. The van der Waals surface area contributed by atoms with Gasteiger partial charge in [0.15, 0.2) is 0 Å². The quantitative estimate of drug-likeness (QED) is 0.505. The van der Waals surface area contributed by atoms with Crippen LogP contribution in [0.15, 0.2) is 10.2 Å². The molecule has 0 fully saturated rings. The number of amides is 2. The summed E-state index contributed by atoms with van der Waals surface area (Å²) in [4.78, 5) is 21.9. The minimum absolute atomic E-state index is 0.292. The zero-order valence-corrected chi connectivity index (χ0v) is 10.5. The molecule has 0 unspecified atom stereocenters. The van der Waals surface area contributed by atoms with Crippen molar-refractivity contribution in [2.24, 2.45) is 10.2 Å². The van der Waals surface area contributed by atoms with E-state index in [-0.39, 0.29) is 0 Å². The lowest BCUT2D eigenvalue weighted by Crippen LogP contribution is -2.03. The summed E-state index contributed by atoms with van der Waals surface area (Å²) in [6.45, 7) is 4.62. The van der Waals surface area contributed by atoms with E-state index in [1.807, 2.05) is 13.8 Å². The van der Waals surface area contributed by atoms with Crippen LogP contribution in [0.25, 0.3) is 0 Å². The largest absolute Gasteiger partial charge is 0.452 e. The molecule has 0 bridgehead atoms. The first-order chi connectivity index (χ1) is 8.20. The van der Waals surface area contributed by atoms with Crippen LogP contribution in [0, 0.1) is 0 Å². The normalized spacial score (nSPS) is 10.5. The second-order valence-corrected chi connectivity index (χ2v) is 3.49. The first-order valence-corrected chi connectivity index (χ1v) is 5.96. The molecule has 0 heterocycles. The van der Waals surface area contributed by atoms with Crippen LogP contribution in [-0.2, 0) is 9.47 Å². The molecule has 0 saturated heterocycles. The average molecular weight is 244 g/mol. The Hall–Kier alpha value is -1.46. The van der Waals surface area contributed by atoms with E-state index in [0.717, 1.165) is 32.1 Å². The first kappa shape index (κ1) is 15.5. The molecule has 0 aromatic carbocycles. The Morgan fingerprint density at radius 2 is 1.29 bits per heavy atom. The van der Waals surface area contributed by atoms with Crippen molar-refractivity contribution in [2.45, 2.75) is 46.0 Å². The van der Waals surface area contributed by atoms with Crippen LogP contribution in [0.2, 0.25) is 0 Å². The Bertz CT molecular complexity index is 254. The Labute approximate surface area is 101 Å². The van der Waals surface area contributed by atoms with Gasteiger partial charge in [-0.1, -0.05) is 43.3 Å². The molecular formula is C11H20N2O4. The van der Waals surface area contributed by atoms with Gasteiger partial charge in [0.1, 0.15) is 0 Å². The molecule has 0 aromatic rings. The standard InChI is InChI=1S/C11H20N2O4/c1-3-5-7-9-17-11(15)13-12-10(14)16-8-6-4-2/h3-9H2,1-2H3. The second kappa shape index (κ2) is 11.0. The zero-order chi connectivity index (χ0) is 12.9. The minimum atomic E-state index is -0.857. The van der Waals surface area contributed by atoms with Crippen LogP contribution < -0.4 is 0 Å². The smallest absolute Gasteiger partial charge is 0.447 e. The van der Waals surface area contributed by atoms with Crippen molar-refractivity contribution in [1.82, 2.24) is 0 Å². The van der Waals surface area contributed by atoms with E-state index < -0.39 is 12.2 Å². The Morgan fingerprint density at radius 3 is 1.76 bits per heavy atom. The molecule has 6 heteroatoms. The summed E-state index contributed by atoms with van der Waals surface area (Å²) in [5, 5.41) is 6.17. The van der Waals surface area contributed by atoms with Gasteiger partial charge >= 0.3 is 12.2 Å². The van der Waals surface area contributed by atoms with Crippen LogP contribution in [0.5, 0.6) is 0 Å².